The Bertz CT molecular complexity index is 371. The van der Waals surface area contributed by atoms with Crippen molar-refractivity contribution in [3.8, 4) is 0 Å². The third kappa shape index (κ3) is 3.37. The first-order valence-electron chi connectivity index (χ1n) is 5.92. The quantitative estimate of drug-likeness (QED) is 0.822. The second kappa shape index (κ2) is 5.69. The minimum absolute atomic E-state index is 0.0879. The average Bonchev–Trinajstić information content (AvgIpc) is 2.23. The van der Waals surface area contributed by atoms with Crippen molar-refractivity contribution in [1.29, 1.82) is 0 Å². The largest absolute Gasteiger partial charge is 0.326 e. The molecule has 0 aliphatic rings. The summed E-state index contributed by atoms with van der Waals surface area (Å²) in [5.74, 6) is 0.209. The summed E-state index contributed by atoms with van der Waals surface area (Å²) < 4.78 is 0. The van der Waals surface area contributed by atoms with Crippen LogP contribution in [-0.4, -0.2) is 5.91 Å². The Balaban J connectivity index is 2.72. The lowest BCUT2D eigenvalue weighted by Crippen LogP contribution is -2.20. The second-order valence-corrected chi connectivity index (χ2v) is 4.50. The molecule has 0 saturated carbocycles. The van der Waals surface area contributed by atoms with Crippen LogP contribution in [0.1, 0.15) is 37.8 Å². The number of aryl methyl sites for hydroxylation is 2. The fraction of sp³-hybridized carbons (Fsp3) is 0.500. The molecule has 0 fully saturated rings. The van der Waals surface area contributed by atoms with Crippen molar-refractivity contribution in [3.05, 3.63) is 29.3 Å². The number of amides is 1. The first-order chi connectivity index (χ1) is 7.54. The fourth-order valence-electron chi connectivity index (χ4n) is 1.69. The first kappa shape index (κ1) is 12.8. The number of carbonyl (C=O) groups excluding carboxylic acids is 1. The van der Waals surface area contributed by atoms with Crippen molar-refractivity contribution >= 4 is 11.6 Å². The molecule has 88 valence electrons. The van der Waals surface area contributed by atoms with Gasteiger partial charge in [0, 0.05) is 11.6 Å². The molecular weight excluding hydrogens is 198 g/mol. The van der Waals surface area contributed by atoms with Crippen LogP contribution in [-0.2, 0) is 4.79 Å². The maximum Gasteiger partial charge on any atom is 0.227 e. The number of benzene rings is 1. The molecule has 1 amide bonds. The van der Waals surface area contributed by atoms with Gasteiger partial charge in [-0.3, -0.25) is 4.79 Å². The third-order valence-electron chi connectivity index (χ3n) is 2.82. The smallest absolute Gasteiger partial charge is 0.227 e. The normalized spacial score (nSPS) is 12.2. The number of anilines is 1. The van der Waals surface area contributed by atoms with Gasteiger partial charge < -0.3 is 5.32 Å². The van der Waals surface area contributed by atoms with Gasteiger partial charge in [-0.25, -0.2) is 0 Å². The van der Waals surface area contributed by atoms with Crippen LogP contribution in [0.3, 0.4) is 0 Å². The Morgan fingerprint density at radius 2 is 2.06 bits per heavy atom. The Labute approximate surface area is 98.1 Å². The standard InChI is InChI=1S/C14H21NO/c1-5-6-12(4)14(16)15-13-9-10(2)7-8-11(13)3/h7-9,12H,5-6H2,1-4H3,(H,15,16)/t12-/m1/s1. The molecule has 1 atom stereocenters. The number of nitrogens with one attached hydrogen (secondary N) is 1. The zero-order valence-electron chi connectivity index (χ0n) is 10.6. The molecule has 2 heteroatoms. The number of hydrogen-bond acceptors (Lipinski definition) is 1. The summed E-state index contributed by atoms with van der Waals surface area (Å²) in [7, 11) is 0. The van der Waals surface area contributed by atoms with E-state index in [0.29, 0.717) is 0 Å². The molecule has 0 aliphatic heterocycles. The van der Waals surface area contributed by atoms with Crippen LogP contribution in [0.25, 0.3) is 0 Å². The maximum atomic E-state index is 11.9. The summed E-state index contributed by atoms with van der Waals surface area (Å²) in [6.45, 7) is 8.12. The van der Waals surface area contributed by atoms with Crippen LogP contribution in [0.2, 0.25) is 0 Å². The highest BCUT2D eigenvalue weighted by Crippen LogP contribution is 2.18. The van der Waals surface area contributed by atoms with Crippen molar-refractivity contribution in [1.82, 2.24) is 0 Å². The van der Waals surface area contributed by atoms with Crippen LogP contribution in [0, 0.1) is 19.8 Å². The molecule has 16 heavy (non-hydrogen) atoms. The van der Waals surface area contributed by atoms with Gasteiger partial charge in [0.15, 0.2) is 0 Å². The van der Waals surface area contributed by atoms with Crippen molar-refractivity contribution in [2.75, 3.05) is 5.32 Å². The zero-order valence-corrected chi connectivity index (χ0v) is 10.6. The van der Waals surface area contributed by atoms with E-state index >= 15 is 0 Å². The lowest BCUT2D eigenvalue weighted by atomic mass is 10.0. The van der Waals surface area contributed by atoms with Gasteiger partial charge in [0.05, 0.1) is 0 Å². The van der Waals surface area contributed by atoms with Gasteiger partial charge in [0.2, 0.25) is 5.91 Å². The molecule has 2 nitrogen and oxygen atoms in total. The van der Waals surface area contributed by atoms with Gasteiger partial charge in [-0.1, -0.05) is 32.4 Å². The SMILES string of the molecule is CCC[C@@H](C)C(=O)Nc1cc(C)ccc1C. The van der Waals surface area contributed by atoms with Gasteiger partial charge in [-0.15, -0.1) is 0 Å². The zero-order chi connectivity index (χ0) is 12.1. The van der Waals surface area contributed by atoms with E-state index in [1.54, 1.807) is 0 Å². The van der Waals surface area contributed by atoms with E-state index in [0.717, 1.165) is 24.1 Å². The molecule has 0 heterocycles. The van der Waals surface area contributed by atoms with Crippen LogP contribution in [0.4, 0.5) is 5.69 Å². The molecule has 0 unspecified atom stereocenters. The lowest BCUT2D eigenvalue weighted by molar-refractivity contribution is -0.119. The Morgan fingerprint density at radius 1 is 1.38 bits per heavy atom. The minimum atomic E-state index is 0.0879. The van der Waals surface area contributed by atoms with Crippen molar-refractivity contribution < 1.29 is 4.79 Å². The third-order valence-corrected chi connectivity index (χ3v) is 2.82. The van der Waals surface area contributed by atoms with Crippen LogP contribution < -0.4 is 5.32 Å². The second-order valence-electron chi connectivity index (χ2n) is 4.50. The van der Waals surface area contributed by atoms with E-state index in [2.05, 4.69) is 18.3 Å². The Kier molecular flexibility index (Phi) is 4.53. The maximum absolute atomic E-state index is 11.9. The fourth-order valence-corrected chi connectivity index (χ4v) is 1.69. The summed E-state index contributed by atoms with van der Waals surface area (Å²) in [5, 5.41) is 3.00. The molecule has 1 aromatic rings. The molecule has 0 saturated heterocycles. The molecule has 0 spiro atoms. The summed E-state index contributed by atoms with van der Waals surface area (Å²) in [5.41, 5.74) is 3.22. The van der Waals surface area contributed by atoms with Crippen LogP contribution >= 0.6 is 0 Å². The summed E-state index contributed by atoms with van der Waals surface area (Å²) in [6, 6.07) is 6.11. The monoisotopic (exact) mass is 219 g/mol. The Morgan fingerprint density at radius 3 is 2.69 bits per heavy atom. The molecule has 1 aromatic carbocycles. The van der Waals surface area contributed by atoms with E-state index in [-0.39, 0.29) is 11.8 Å². The number of carbonyl (C=O) groups is 1. The molecule has 0 radical (unpaired) electrons. The van der Waals surface area contributed by atoms with Gasteiger partial charge >= 0.3 is 0 Å². The predicted octanol–water partition coefficient (Wildman–Crippen LogP) is 3.68. The van der Waals surface area contributed by atoms with Crippen molar-refractivity contribution in [2.24, 2.45) is 5.92 Å². The van der Waals surface area contributed by atoms with E-state index in [1.165, 1.54) is 5.56 Å². The van der Waals surface area contributed by atoms with E-state index in [9.17, 15) is 4.79 Å². The van der Waals surface area contributed by atoms with Crippen LogP contribution in [0.15, 0.2) is 18.2 Å². The highest BCUT2D eigenvalue weighted by molar-refractivity contribution is 5.93. The number of rotatable bonds is 4. The topological polar surface area (TPSA) is 29.1 Å². The van der Waals surface area contributed by atoms with E-state index in [1.807, 2.05) is 32.9 Å². The molecular formula is C14H21NO. The van der Waals surface area contributed by atoms with Gasteiger partial charge in [-0.2, -0.15) is 0 Å². The molecule has 1 N–H and O–H groups in total. The van der Waals surface area contributed by atoms with Gasteiger partial charge in [-0.05, 0) is 37.5 Å². The summed E-state index contributed by atoms with van der Waals surface area (Å²) in [4.78, 5) is 11.9. The number of hydrogen-bond donors (Lipinski definition) is 1. The summed E-state index contributed by atoms with van der Waals surface area (Å²) >= 11 is 0. The highest BCUT2D eigenvalue weighted by atomic mass is 16.1. The van der Waals surface area contributed by atoms with E-state index < -0.39 is 0 Å². The van der Waals surface area contributed by atoms with Crippen molar-refractivity contribution in [3.63, 3.8) is 0 Å². The van der Waals surface area contributed by atoms with Gasteiger partial charge in [0.1, 0.15) is 0 Å². The molecule has 0 aliphatic carbocycles. The lowest BCUT2D eigenvalue weighted by Gasteiger charge is -2.13. The van der Waals surface area contributed by atoms with E-state index in [4.69, 9.17) is 0 Å². The first-order valence-corrected chi connectivity index (χ1v) is 5.92. The molecule has 1 rings (SSSR count). The molecule has 0 aromatic heterocycles. The Hall–Kier alpha value is -1.31. The van der Waals surface area contributed by atoms with Crippen LogP contribution in [0.5, 0.6) is 0 Å². The molecule has 0 bridgehead atoms. The average molecular weight is 219 g/mol. The summed E-state index contributed by atoms with van der Waals surface area (Å²) in [6.07, 6.45) is 1.98. The minimum Gasteiger partial charge on any atom is -0.326 e. The van der Waals surface area contributed by atoms with Crippen molar-refractivity contribution in [2.45, 2.75) is 40.5 Å². The van der Waals surface area contributed by atoms with Gasteiger partial charge in [0.25, 0.3) is 0 Å². The highest BCUT2D eigenvalue weighted by Gasteiger charge is 2.12. The predicted molar refractivity (Wildman–Crippen MR) is 68.6 cm³/mol.